The average Bonchev–Trinajstić information content (AvgIpc) is 3.28. The molecule has 68 heavy (non-hydrogen) atoms. The van der Waals surface area contributed by atoms with Gasteiger partial charge in [-0.15, -0.1) is 0 Å². The minimum absolute atomic E-state index is 0.192. The number of benzene rings is 2. The number of nitrogens with one attached hydrogen (secondary N) is 1. The Balaban J connectivity index is 0.000000404. The van der Waals surface area contributed by atoms with Gasteiger partial charge in [0, 0.05) is 65.8 Å². The van der Waals surface area contributed by atoms with Crippen LogP contribution in [0.4, 0.5) is 4.79 Å². The highest BCUT2D eigenvalue weighted by atomic mass is 16.7. The van der Waals surface area contributed by atoms with Crippen molar-refractivity contribution in [2.75, 3.05) is 26.3 Å². The Morgan fingerprint density at radius 3 is 1.68 bits per heavy atom. The zero-order valence-electron chi connectivity index (χ0n) is 40.0. The zero-order valence-corrected chi connectivity index (χ0v) is 40.0. The number of unbranched alkanes of at least 4 members (excludes halogenated alkanes) is 4. The number of ether oxygens (including phenoxy) is 9. The predicted octanol–water partition coefficient (Wildman–Crippen LogP) is 5.54. The topological polar surface area (TPSA) is 276 Å². The van der Waals surface area contributed by atoms with Gasteiger partial charge in [0.2, 0.25) is 5.91 Å². The Labute approximate surface area is 397 Å². The smallest absolute Gasteiger partial charge is 0.410 e. The summed E-state index contributed by atoms with van der Waals surface area (Å²) in [5.74, 6) is -2.64. The van der Waals surface area contributed by atoms with Crippen molar-refractivity contribution in [2.45, 2.75) is 161 Å². The van der Waals surface area contributed by atoms with Crippen LogP contribution in [0.1, 0.15) is 98.1 Å². The van der Waals surface area contributed by atoms with Crippen molar-refractivity contribution in [3.63, 3.8) is 0 Å². The molecule has 0 saturated carbocycles. The highest BCUT2D eigenvalue weighted by molar-refractivity contribution is 5.74. The van der Waals surface area contributed by atoms with Crippen LogP contribution in [0.25, 0.3) is 10.4 Å². The molecule has 2 aromatic carbocycles. The Bertz CT molecular complexity index is 1920. The molecule has 0 aliphatic carbocycles. The van der Waals surface area contributed by atoms with Crippen molar-refractivity contribution in [1.29, 1.82) is 0 Å². The number of hydrogen-bond acceptors (Lipinski definition) is 17. The summed E-state index contributed by atoms with van der Waals surface area (Å²) in [6.07, 6.45) is -2.64. The molecule has 21 nitrogen and oxygen atoms in total. The van der Waals surface area contributed by atoms with E-state index in [0.29, 0.717) is 39.1 Å². The lowest BCUT2D eigenvalue weighted by atomic mass is 9.96. The second kappa shape index (κ2) is 30.5. The molecule has 2 amide bonds. The van der Waals surface area contributed by atoms with Crippen molar-refractivity contribution in [1.82, 2.24) is 10.2 Å². The molecule has 2 fully saturated rings. The highest BCUT2D eigenvalue weighted by Crippen LogP contribution is 2.30. The second-order valence-electron chi connectivity index (χ2n) is 16.2. The molecular formula is C47H68N6O15. The number of carbonyl (C=O) groups excluding carboxylic acids is 6. The van der Waals surface area contributed by atoms with Crippen molar-refractivity contribution in [2.24, 2.45) is 10.8 Å². The largest absolute Gasteiger partial charge is 0.458 e. The summed E-state index contributed by atoms with van der Waals surface area (Å²) in [7, 11) is 0. The van der Waals surface area contributed by atoms with Crippen molar-refractivity contribution in [3.05, 3.63) is 82.2 Å². The molecular weight excluding hydrogens is 889 g/mol. The van der Waals surface area contributed by atoms with E-state index in [2.05, 4.69) is 15.3 Å². The Kier molecular flexibility index (Phi) is 25.4. The van der Waals surface area contributed by atoms with Crippen LogP contribution in [-0.2, 0) is 79.8 Å². The van der Waals surface area contributed by atoms with Crippen LogP contribution < -0.4 is 11.1 Å². The molecule has 3 N–H and O–H groups in total. The van der Waals surface area contributed by atoms with Gasteiger partial charge in [-0.3, -0.25) is 24.0 Å². The molecule has 0 spiro atoms. The standard InChI is InChI=1S/C30H38N4O8.C17H30N2O7/c1-21-27(41-22(2)35)28(42-23(3)36)26(32-33-31)29(40-21)38-18-12-6-11-17-34(19-24-13-7-4-8-14-24)30(37)39-20-25-15-9-5-10-16-25;1-10-15(25-12(3)21)16(26-13(4)22)14(19-11(2)20)17(24-10)23-9-7-5-6-8-18/h4-5,7-10,13-16,21,26-29H,6,11-12,17-20H2,1-3H3;10,14-17H,5-9,18H2,1-4H3,(H,19,20). The monoisotopic (exact) mass is 956 g/mol. The first-order valence-electron chi connectivity index (χ1n) is 22.8. The number of hydrogen-bond donors (Lipinski definition) is 2. The minimum Gasteiger partial charge on any atom is -0.458 e. The number of azide groups is 1. The van der Waals surface area contributed by atoms with E-state index < -0.39 is 85.2 Å². The first-order chi connectivity index (χ1) is 32.5. The molecule has 376 valence electrons. The van der Waals surface area contributed by atoms with E-state index in [1.807, 2.05) is 60.7 Å². The van der Waals surface area contributed by atoms with Crippen LogP contribution in [0, 0.1) is 0 Å². The fourth-order valence-electron chi connectivity index (χ4n) is 7.45. The number of rotatable bonds is 23. The second-order valence-corrected chi connectivity index (χ2v) is 16.2. The van der Waals surface area contributed by atoms with Gasteiger partial charge in [0.15, 0.2) is 37.0 Å². The van der Waals surface area contributed by atoms with Gasteiger partial charge in [-0.2, -0.15) is 0 Å². The molecule has 2 heterocycles. The molecule has 10 atom stereocenters. The van der Waals surface area contributed by atoms with E-state index in [4.69, 9.17) is 53.9 Å². The molecule has 4 rings (SSSR count). The van der Waals surface area contributed by atoms with Crippen LogP contribution >= 0.6 is 0 Å². The van der Waals surface area contributed by atoms with E-state index in [9.17, 15) is 28.8 Å². The van der Waals surface area contributed by atoms with Crippen molar-refractivity contribution in [3.8, 4) is 0 Å². The number of nitrogens with two attached hydrogens (primary N) is 1. The molecule has 2 saturated heterocycles. The van der Waals surface area contributed by atoms with Crippen LogP contribution in [-0.4, -0.2) is 128 Å². The van der Waals surface area contributed by atoms with Crippen LogP contribution in [0.5, 0.6) is 0 Å². The third-order valence-electron chi connectivity index (χ3n) is 10.5. The number of esters is 4. The third kappa shape index (κ3) is 20.2. The lowest BCUT2D eigenvalue weighted by molar-refractivity contribution is -0.268. The van der Waals surface area contributed by atoms with E-state index in [1.165, 1.54) is 34.6 Å². The summed E-state index contributed by atoms with van der Waals surface area (Å²) in [5.41, 5.74) is 16.5. The van der Waals surface area contributed by atoms with Gasteiger partial charge in [0.1, 0.15) is 18.7 Å². The summed E-state index contributed by atoms with van der Waals surface area (Å²) in [6.45, 7) is 12.0. The van der Waals surface area contributed by atoms with Crippen LogP contribution in [0.3, 0.4) is 0 Å². The number of amides is 2. The fraction of sp³-hybridized carbons (Fsp3) is 0.617. The molecule has 2 aromatic rings. The van der Waals surface area contributed by atoms with Gasteiger partial charge in [-0.1, -0.05) is 65.8 Å². The van der Waals surface area contributed by atoms with E-state index in [0.717, 1.165) is 36.8 Å². The predicted molar refractivity (Wildman–Crippen MR) is 244 cm³/mol. The third-order valence-corrected chi connectivity index (χ3v) is 10.5. The summed E-state index contributed by atoms with van der Waals surface area (Å²) in [6, 6.07) is 17.4. The van der Waals surface area contributed by atoms with Gasteiger partial charge in [-0.25, -0.2) is 4.79 Å². The first kappa shape index (κ1) is 56.5. The fourth-order valence-corrected chi connectivity index (χ4v) is 7.45. The lowest BCUT2D eigenvalue weighted by Crippen LogP contribution is -2.65. The van der Waals surface area contributed by atoms with Crippen LogP contribution in [0.2, 0.25) is 0 Å². The van der Waals surface area contributed by atoms with Gasteiger partial charge in [0.25, 0.3) is 0 Å². The Morgan fingerprint density at radius 1 is 0.662 bits per heavy atom. The van der Waals surface area contributed by atoms with Crippen molar-refractivity contribution >= 4 is 35.9 Å². The molecule has 2 aliphatic heterocycles. The number of carbonyl (C=O) groups is 6. The Morgan fingerprint density at radius 2 is 1.15 bits per heavy atom. The maximum Gasteiger partial charge on any atom is 0.410 e. The number of nitrogens with zero attached hydrogens (tertiary/aromatic N) is 4. The zero-order chi connectivity index (χ0) is 50.0. The van der Waals surface area contributed by atoms with Crippen LogP contribution in [0.15, 0.2) is 65.8 Å². The summed E-state index contributed by atoms with van der Waals surface area (Å²) < 4.78 is 50.2. The Hall–Kier alpha value is -5.83. The van der Waals surface area contributed by atoms with E-state index in [1.54, 1.807) is 18.7 Å². The molecule has 0 radical (unpaired) electrons. The molecule has 10 unspecified atom stereocenters. The molecule has 0 aromatic heterocycles. The first-order valence-corrected chi connectivity index (χ1v) is 22.8. The molecule has 0 bridgehead atoms. The quantitative estimate of drug-likeness (QED) is 0.0345. The van der Waals surface area contributed by atoms with Gasteiger partial charge < -0.3 is 58.6 Å². The van der Waals surface area contributed by atoms with E-state index >= 15 is 0 Å². The molecule has 21 heteroatoms. The minimum atomic E-state index is -1.07. The van der Waals surface area contributed by atoms with Gasteiger partial charge in [-0.05, 0) is 75.6 Å². The van der Waals surface area contributed by atoms with E-state index in [-0.39, 0.29) is 25.2 Å². The lowest BCUT2D eigenvalue weighted by Gasteiger charge is -2.44. The average molecular weight is 957 g/mol. The maximum absolute atomic E-state index is 12.9. The maximum atomic E-state index is 12.9. The summed E-state index contributed by atoms with van der Waals surface area (Å²) in [5, 5.41) is 6.42. The normalized spacial score (nSPS) is 24.1. The summed E-state index contributed by atoms with van der Waals surface area (Å²) >= 11 is 0. The highest BCUT2D eigenvalue weighted by Gasteiger charge is 2.50. The van der Waals surface area contributed by atoms with Crippen molar-refractivity contribution < 1.29 is 71.4 Å². The SMILES string of the molecule is CC(=O)NC1C(OCCCCCN)OC(C)C(OC(C)=O)C1OC(C)=O.CC(=O)OC1C(C)OC(OCCCCCN(Cc2ccccc2)C(=O)OCc2ccccc2)C(N=[N+]=[N-])C1OC(C)=O. The van der Waals surface area contributed by atoms with Gasteiger partial charge in [0.05, 0.1) is 12.2 Å². The summed E-state index contributed by atoms with van der Waals surface area (Å²) in [4.78, 5) is 75.4. The van der Waals surface area contributed by atoms with Gasteiger partial charge >= 0.3 is 30.0 Å². The molecule has 2 aliphatic rings.